The van der Waals surface area contributed by atoms with Gasteiger partial charge in [-0.1, -0.05) is 27.7 Å². The van der Waals surface area contributed by atoms with E-state index >= 15 is 0 Å². The van der Waals surface area contributed by atoms with Crippen molar-refractivity contribution in [2.45, 2.75) is 72.7 Å². The summed E-state index contributed by atoms with van der Waals surface area (Å²) in [6.07, 6.45) is 1.15. The van der Waals surface area contributed by atoms with Gasteiger partial charge in [-0.2, -0.15) is 0 Å². The Labute approximate surface area is 101 Å². The van der Waals surface area contributed by atoms with Crippen LogP contribution in [0.5, 0.6) is 0 Å². The fraction of sp³-hybridized carbons (Fsp3) is 1.00. The molecule has 0 aliphatic carbocycles. The molecule has 2 heteroatoms. The fourth-order valence-electron chi connectivity index (χ4n) is 3.46. The van der Waals surface area contributed by atoms with E-state index in [1.165, 1.54) is 0 Å². The molecule has 0 saturated carbocycles. The van der Waals surface area contributed by atoms with E-state index in [1.807, 2.05) is 0 Å². The zero-order chi connectivity index (χ0) is 12.5. The van der Waals surface area contributed by atoms with Crippen LogP contribution in [-0.2, 0) is 4.74 Å². The highest BCUT2D eigenvalue weighted by Crippen LogP contribution is 2.40. The van der Waals surface area contributed by atoms with Crippen LogP contribution in [0.4, 0.5) is 0 Å². The Balaban J connectivity index is 3.11. The van der Waals surface area contributed by atoms with Crippen molar-refractivity contribution in [1.29, 1.82) is 0 Å². The van der Waals surface area contributed by atoms with Crippen LogP contribution in [-0.4, -0.2) is 29.3 Å². The normalized spacial score (nSPS) is 27.0. The van der Waals surface area contributed by atoms with E-state index in [9.17, 15) is 0 Å². The molecule has 0 bridgehead atoms. The van der Waals surface area contributed by atoms with Crippen molar-refractivity contribution in [3.8, 4) is 0 Å². The molecule has 1 rings (SSSR count). The molecule has 0 aromatic rings. The van der Waals surface area contributed by atoms with Crippen molar-refractivity contribution in [3.05, 3.63) is 0 Å². The summed E-state index contributed by atoms with van der Waals surface area (Å²) in [5.74, 6) is 1.05. The minimum absolute atomic E-state index is 0.0775. The van der Waals surface area contributed by atoms with Crippen molar-refractivity contribution in [2.75, 3.05) is 6.61 Å². The molecule has 1 saturated heterocycles. The quantitative estimate of drug-likeness (QED) is 0.731. The standard InChI is InChI=1S/C14H29NO/c1-10(2)14(11(3)4)15(12(5)6)13(7)8-9-16-14/h10-13H,8-9H2,1-7H3/t13-/m1/s1. The second-order valence-electron chi connectivity index (χ2n) is 6.05. The van der Waals surface area contributed by atoms with E-state index in [1.54, 1.807) is 0 Å². The van der Waals surface area contributed by atoms with Gasteiger partial charge in [0.05, 0.1) is 6.61 Å². The van der Waals surface area contributed by atoms with E-state index in [0.717, 1.165) is 13.0 Å². The Morgan fingerprint density at radius 3 is 1.88 bits per heavy atom. The fourth-order valence-corrected chi connectivity index (χ4v) is 3.46. The lowest BCUT2D eigenvalue weighted by Crippen LogP contribution is -2.66. The monoisotopic (exact) mass is 227 g/mol. The van der Waals surface area contributed by atoms with Crippen molar-refractivity contribution in [1.82, 2.24) is 4.90 Å². The molecular formula is C14H29NO. The average molecular weight is 227 g/mol. The molecule has 1 aliphatic rings. The predicted molar refractivity (Wildman–Crippen MR) is 69.4 cm³/mol. The van der Waals surface area contributed by atoms with E-state index in [-0.39, 0.29) is 5.72 Å². The Kier molecular flexibility index (Phi) is 4.42. The lowest BCUT2D eigenvalue weighted by Gasteiger charge is -2.56. The third-order valence-corrected chi connectivity index (χ3v) is 3.96. The zero-order valence-electron chi connectivity index (χ0n) is 12.1. The highest BCUT2D eigenvalue weighted by atomic mass is 16.5. The summed E-state index contributed by atoms with van der Waals surface area (Å²) in [7, 11) is 0. The Morgan fingerprint density at radius 2 is 1.56 bits per heavy atom. The van der Waals surface area contributed by atoms with Gasteiger partial charge in [0.1, 0.15) is 5.72 Å². The molecule has 0 N–H and O–H groups in total. The largest absolute Gasteiger partial charge is 0.360 e. The van der Waals surface area contributed by atoms with Crippen LogP contribution < -0.4 is 0 Å². The van der Waals surface area contributed by atoms with Crippen LogP contribution in [0.2, 0.25) is 0 Å². The first kappa shape index (κ1) is 14.0. The number of ether oxygens (including phenoxy) is 1. The number of nitrogens with zero attached hydrogens (tertiary/aromatic N) is 1. The van der Waals surface area contributed by atoms with Crippen LogP contribution >= 0.6 is 0 Å². The first-order valence-electron chi connectivity index (χ1n) is 6.76. The van der Waals surface area contributed by atoms with Gasteiger partial charge < -0.3 is 4.74 Å². The second kappa shape index (κ2) is 5.05. The van der Waals surface area contributed by atoms with Gasteiger partial charge >= 0.3 is 0 Å². The Morgan fingerprint density at radius 1 is 1.06 bits per heavy atom. The summed E-state index contributed by atoms with van der Waals surface area (Å²) in [6.45, 7) is 16.9. The van der Waals surface area contributed by atoms with Crippen LogP contribution in [0.1, 0.15) is 54.9 Å². The van der Waals surface area contributed by atoms with Crippen LogP contribution in [0.3, 0.4) is 0 Å². The smallest absolute Gasteiger partial charge is 0.126 e. The molecule has 1 fully saturated rings. The van der Waals surface area contributed by atoms with Gasteiger partial charge in [-0.15, -0.1) is 0 Å². The molecule has 1 heterocycles. The van der Waals surface area contributed by atoms with E-state index in [0.29, 0.717) is 23.9 Å². The third-order valence-electron chi connectivity index (χ3n) is 3.96. The topological polar surface area (TPSA) is 12.5 Å². The summed E-state index contributed by atoms with van der Waals surface area (Å²) in [6, 6.07) is 1.17. The molecule has 96 valence electrons. The molecule has 0 unspecified atom stereocenters. The van der Waals surface area contributed by atoms with Gasteiger partial charge in [0.2, 0.25) is 0 Å². The molecule has 2 nitrogen and oxygen atoms in total. The maximum absolute atomic E-state index is 6.26. The van der Waals surface area contributed by atoms with Crippen LogP contribution in [0.15, 0.2) is 0 Å². The number of hydrogen-bond acceptors (Lipinski definition) is 2. The van der Waals surface area contributed by atoms with Crippen molar-refractivity contribution >= 4 is 0 Å². The predicted octanol–water partition coefficient (Wildman–Crippen LogP) is 3.51. The maximum atomic E-state index is 6.26. The number of hydrogen-bond donors (Lipinski definition) is 0. The molecular weight excluding hydrogens is 198 g/mol. The van der Waals surface area contributed by atoms with Gasteiger partial charge in [-0.3, -0.25) is 4.90 Å². The Hall–Kier alpha value is -0.0800. The molecule has 0 aromatic heterocycles. The molecule has 1 atom stereocenters. The minimum Gasteiger partial charge on any atom is -0.360 e. The highest BCUT2D eigenvalue weighted by Gasteiger charge is 2.48. The third kappa shape index (κ3) is 2.14. The summed E-state index contributed by atoms with van der Waals surface area (Å²) in [5, 5.41) is 0. The summed E-state index contributed by atoms with van der Waals surface area (Å²) in [4.78, 5) is 2.59. The van der Waals surface area contributed by atoms with E-state index in [4.69, 9.17) is 4.74 Å². The van der Waals surface area contributed by atoms with Crippen molar-refractivity contribution in [3.63, 3.8) is 0 Å². The second-order valence-corrected chi connectivity index (χ2v) is 6.05. The lowest BCUT2D eigenvalue weighted by atomic mass is 9.83. The molecule has 0 radical (unpaired) electrons. The van der Waals surface area contributed by atoms with Crippen LogP contribution in [0.25, 0.3) is 0 Å². The maximum Gasteiger partial charge on any atom is 0.126 e. The lowest BCUT2D eigenvalue weighted by molar-refractivity contribution is -0.260. The summed E-state index contributed by atoms with van der Waals surface area (Å²) < 4.78 is 6.26. The van der Waals surface area contributed by atoms with Crippen molar-refractivity contribution in [2.24, 2.45) is 11.8 Å². The first-order chi connectivity index (χ1) is 7.34. The first-order valence-corrected chi connectivity index (χ1v) is 6.76. The summed E-state index contributed by atoms with van der Waals surface area (Å²) in [5.41, 5.74) is -0.0775. The molecule has 0 aromatic carbocycles. The molecule has 1 aliphatic heterocycles. The van der Waals surface area contributed by atoms with E-state index < -0.39 is 0 Å². The van der Waals surface area contributed by atoms with E-state index in [2.05, 4.69) is 53.4 Å². The molecule has 0 spiro atoms. The van der Waals surface area contributed by atoms with Gasteiger partial charge in [0.25, 0.3) is 0 Å². The average Bonchev–Trinajstić information content (AvgIpc) is 2.15. The van der Waals surface area contributed by atoms with Gasteiger partial charge in [-0.05, 0) is 39.0 Å². The highest BCUT2D eigenvalue weighted by molar-refractivity contribution is 4.94. The SMILES string of the molecule is CC(C)N1[C@H](C)CCOC1(C(C)C)C(C)C. The van der Waals surface area contributed by atoms with Crippen LogP contribution in [0, 0.1) is 11.8 Å². The summed E-state index contributed by atoms with van der Waals surface area (Å²) >= 11 is 0. The minimum atomic E-state index is -0.0775. The van der Waals surface area contributed by atoms with Gasteiger partial charge in [0, 0.05) is 12.1 Å². The van der Waals surface area contributed by atoms with Gasteiger partial charge in [-0.25, -0.2) is 0 Å². The Bertz CT molecular complexity index is 215. The van der Waals surface area contributed by atoms with Gasteiger partial charge in [0.15, 0.2) is 0 Å². The molecule has 0 amide bonds. The van der Waals surface area contributed by atoms with Crippen molar-refractivity contribution < 1.29 is 4.74 Å². The molecule has 16 heavy (non-hydrogen) atoms. The number of rotatable bonds is 3. The zero-order valence-corrected chi connectivity index (χ0v) is 12.1.